The van der Waals surface area contributed by atoms with Gasteiger partial charge in [0.15, 0.2) is 0 Å². The van der Waals surface area contributed by atoms with Gasteiger partial charge in [0.2, 0.25) is 0 Å². The van der Waals surface area contributed by atoms with Crippen molar-refractivity contribution in [3.63, 3.8) is 0 Å². The molecule has 1 N–H and O–H groups in total. The molecule has 1 aromatic rings. The number of aliphatic hydroxyl groups excluding tert-OH is 1. The third-order valence-electron chi connectivity index (χ3n) is 2.84. The molecule has 0 fully saturated rings. The minimum atomic E-state index is -0.538. The Kier molecular flexibility index (Phi) is 6.64. The maximum absolute atomic E-state index is 10.3. The first-order chi connectivity index (χ1) is 8.45. The lowest BCUT2D eigenvalue weighted by atomic mass is 9.96. The van der Waals surface area contributed by atoms with Crippen molar-refractivity contribution in [1.82, 2.24) is 0 Å². The van der Waals surface area contributed by atoms with Crippen LogP contribution >= 0.6 is 27.5 Å². The van der Waals surface area contributed by atoms with E-state index in [0.717, 1.165) is 10.0 Å². The lowest BCUT2D eigenvalue weighted by molar-refractivity contribution is -0.0562. The highest BCUT2D eigenvalue weighted by molar-refractivity contribution is 9.10. The van der Waals surface area contributed by atoms with Crippen LogP contribution in [0.4, 0.5) is 0 Å². The van der Waals surface area contributed by atoms with Gasteiger partial charge in [-0.15, -0.1) is 0 Å². The average molecular weight is 336 g/mol. The van der Waals surface area contributed by atoms with Crippen molar-refractivity contribution in [3.8, 4) is 0 Å². The van der Waals surface area contributed by atoms with Crippen LogP contribution in [0.5, 0.6) is 0 Å². The lowest BCUT2D eigenvalue weighted by Gasteiger charge is -2.26. The maximum atomic E-state index is 10.3. The summed E-state index contributed by atoms with van der Waals surface area (Å²) in [5.41, 5.74) is 0.942. The molecule has 0 aliphatic rings. The second-order valence-corrected chi connectivity index (χ2v) is 5.99. The Balaban J connectivity index is 2.75. The van der Waals surface area contributed by atoms with Gasteiger partial charge >= 0.3 is 0 Å². The topological polar surface area (TPSA) is 29.5 Å². The van der Waals surface area contributed by atoms with Crippen molar-refractivity contribution in [3.05, 3.63) is 33.3 Å². The fourth-order valence-electron chi connectivity index (χ4n) is 1.97. The molecule has 0 spiro atoms. The molecule has 1 rings (SSSR count). The highest BCUT2D eigenvalue weighted by atomic mass is 79.9. The number of aliphatic hydroxyl groups is 1. The van der Waals surface area contributed by atoms with Crippen molar-refractivity contribution < 1.29 is 9.84 Å². The third kappa shape index (κ3) is 4.54. The van der Waals surface area contributed by atoms with Crippen LogP contribution < -0.4 is 0 Å². The van der Waals surface area contributed by atoms with E-state index in [2.05, 4.69) is 15.9 Å². The van der Waals surface area contributed by atoms with E-state index < -0.39 is 6.10 Å². The van der Waals surface area contributed by atoms with Crippen LogP contribution in [0.1, 0.15) is 26.3 Å². The third-order valence-corrected chi connectivity index (χ3v) is 3.68. The van der Waals surface area contributed by atoms with Gasteiger partial charge < -0.3 is 9.84 Å². The van der Waals surface area contributed by atoms with Crippen LogP contribution in [-0.4, -0.2) is 23.9 Å². The molecular formula is C14H20BrClO2. The number of ether oxygens (including phenoxy) is 1. The van der Waals surface area contributed by atoms with Crippen LogP contribution in [0, 0.1) is 5.92 Å². The molecule has 18 heavy (non-hydrogen) atoms. The highest BCUT2D eigenvalue weighted by Crippen LogP contribution is 2.24. The SMILES string of the molecule is CCOC(C(C)C)C(O)Cc1ccc(Br)cc1Cl. The molecule has 0 aliphatic heterocycles. The lowest BCUT2D eigenvalue weighted by Crippen LogP contribution is -2.35. The second-order valence-electron chi connectivity index (χ2n) is 4.67. The van der Waals surface area contributed by atoms with E-state index in [0.29, 0.717) is 18.1 Å². The Labute approximate surface area is 122 Å². The summed E-state index contributed by atoms with van der Waals surface area (Å²) in [7, 11) is 0. The Morgan fingerprint density at radius 2 is 2.06 bits per heavy atom. The summed E-state index contributed by atoms with van der Waals surface area (Å²) >= 11 is 9.52. The molecule has 0 aliphatic carbocycles. The second kappa shape index (κ2) is 7.49. The van der Waals surface area contributed by atoms with E-state index in [1.54, 1.807) is 0 Å². The molecule has 4 heteroatoms. The largest absolute Gasteiger partial charge is 0.390 e. The normalized spacial score (nSPS) is 14.8. The first kappa shape index (κ1) is 16.0. The Hall–Kier alpha value is -0.0900. The predicted molar refractivity (Wildman–Crippen MR) is 79.1 cm³/mol. The van der Waals surface area contributed by atoms with E-state index in [1.165, 1.54) is 0 Å². The summed E-state index contributed by atoms with van der Waals surface area (Å²) in [5, 5.41) is 10.9. The first-order valence-electron chi connectivity index (χ1n) is 6.19. The van der Waals surface area contributed by atoms with E-state index in [-0.39, 0.29) is 12.0 Å². The Morgan fingerprint density at radius 1 is 1.39 bits per heavy atom. The molecule has 0 saturated carbocycles. The van der Waals surface area contributed by atoms with E-state index in [4.69, 9.17) is 16.3 Å². The van der Waals surface area contributed by atoms with Crippen LogP contribution in [0.15, 0.2) is 22.7 Å². The van der Waals surface area contributed by atoms with Gasteiger partial charge in [0, 0.05) is 22.5 Å². The molecule has 1 aromatic carbocycles. The number of rotatable bonds is 6. The van der Waals surface area contributed by atoms with Crippen LogP contribution in [0.3, 0.4) is 0 Å². The van der Waals surface area contributed by atoms with Gasteiger partial charge in [-0.3, -0.25) is 0 Å². The first-order valence-corrected chi connectivity index (χ1v) is 7.36. The van der Waals surface area contributed by atoms with Crippen molar-refractivity contribution in [2.75, 3.05) is 6.61 Å². The van der Waals surface area contributed by atoms with Crippen molar-refractivity contribution in [2.24, 2.45) is 5.92 Å². The zero-order chi connectivity index (χ0) is 13.7. The highest BCUT2D eigenvalue weighted by Gasteiger charge is 2.23. The fourth-order valence-corrected chi connectivity index (χ4v) is 2.72. The van der Waals surface area contributed by atoms with Gasteiger partial charge in [-0.2, -0.15) is 0 Å². The number of benzene rings is 1. The van der Waals surface area contributed by atoms with Gasteiger partial charge in [-0.25, -0.2) is 0 Å². The maximum Gasteiger partial charge on any atom is 0.0859 e. The minimum absolute atomic E-state index is 0.158. The molecule has 0 saturated heterocycles. The van der Waals surface area contributed by atoms with Crippen LogP contribution in [-0.2, 0) is 11.2 Å². The predicted octanol–water partition coefficient (Wildman–Crippen LogP) is 4.07. The summed E-state index contributed by atoms with van der Waals surface area (Å²) in [6.45, 7) is 6.64. The number of halogens is 2. The number of hydrogen-bond donors (Lipinski definition) is 1. The Morgan fingerprint density at radius 3 is 2.56 bits per heavy atom. The minimum Gasteiger partial charge on any atom is -0.390 e. The molecule has 2 atom stereocenters. The van der Waals surface area contributed by atoms with E-state index in [1.807, 2.05) is 39.0 Å². The van der Waals surface area contributed by atoms with Gasteiger partial charge in [-0.1, -0.05) is 47.4 Å². The summed E-state index contributed by atoms with van der Waals surface area (Å²) in [6, 6.07) is 5.70. The summed E-state index contributed by atoms with van der Waals surface area (Å²) in [5.74, 6) is 0.272. The summed E-state index contributed by atoms with van der Waals surface area (Å²) < 4.78 is 6.54. The van der Waals surface area contributed by atoms with Crippen LogP contribution in [0.2, 0.25) is 5.02 Å². The zero-order valence-corrected chi connectivity index (χ0v) is 13.3. The molecule has 2 unspecified atom stereocenters. The molecule has 0 heterocycles. The monoisotopic (exact) mass is 334 g/mol. The standard InChI is InChI=1S/C14H20BrClO2/c1-4-18-14(9(2)3)13(17)7-10-5-6-11(15)8-12(10)16/h5-6,8-9,13-14,17H,4,7H2,1-3H3. The molecule has 102 valence electrons. The van der Waals surface area contributed by atoms with Crippen molar-refractivity contribution >= 4 is 27.5 Å². The van der Waals surface area contributed by atoms with Crippen molar-refractivity contribution in [2.45, 2.75) is 39.4 Å². The molecule has 0 aromatic heterocycles. The molecule has 0 bridgehead atoms. The van der Waals surface area contributed by atoms with Gasteiger partial charge in [0.05, 0.1) is 12.2 Å². The molecule has 0 radical (unpaired) electrons. The smallest absolute Gasteiger partial charge is 0.0859 e. The summed E-state index contributed by atoms with van der Waals surface area (Å²) in [4.78, 5) is 0. The zero-order valence-electron chi connectivity index (χ0n) is 11.0. The fraction of sp³-hybridized carbons (Fsp3) is 0.571. The molecular weight excluding hydrogens is 316 g/mol. The van der Waals surface area contributed by atoms with Gasteiger partial charge in [0.25, 0.3) is 0 Å². The quantitative estimate of drug-likeness (QED) is 0.849. The van der Waals surface area contributed by atoms with E-state index >= 15 is 0 Å². The molecule has 2 nitrogen and oxygen atoms in total. The average Bonchev–Trinajstić information content (AvgIpc) is 2.29. The van der Waals surface area contributed by atoms with Crippen molar-refractivity contribution in [1.29, 1.82) is 0 Å². The van der Waals surface area contributed by atoms with Crippen LogP contribution in [0.25, 0.3) is 0 Å². The summed E-state index contributed by atoms with van der Waals surface area (Å²) in [6.07, 6.45) is -0.187. The van der Waals surface area contributed by atoms with Gasteiger partial charge in [0.1, 0.15) is 0 Å². The van der Waals surface area contributed by atoms with E-state index in [9.17, 15) is 5.11 Å². The number of hydrogen-bond acceptors (Lipinski definition) is 2. The molecule has 0 amide bonds. The Bertz CT molecular complexity index is 382. The van der Waals surface area contributed by atoms with Gasteiger partial charge in [-0.05, 0) is 30.5 Å².